The van der Waals surface area contributed by atoms with Crippen LogP contribution in [0.5, 0.6) is 0 Å². The number of benzene rings is 1. The lowest BCUT2D eigenvalue weighted by molar-refractivity contribution is -0.135. The molecule has 0 aliphatic heterocycles. The van der Waals surface area contributed by atoms with E-state index in [0.717, 1.165) is 15.6 Å². The first kappa shape index (κ1) is 14.3. The molecule has 20 heavy (non-hydrogen) atoms. The Morgan fingerprint density at radius 1 is 1.35 bits per heavy atom. The first-order chi connectivity index (χ1) is 9.41. The van der Waals surface area contributed by atoms with E-state index < -0.39 is 22.5 Å². The van der Waals surface area contributed by atoms with Crippen molar-refractivity contribution in [2.75, 3.05) is 16.6 Å². The number of sulfonamides is 1. The highest BCUT2D eigenvalue weighted by Gasteiger charge is 2.28. The van der Waals surface area contributed by atoms with Gasteiger partial charge in [-0.2, -0.15) is 0 Å². The van der Waals surface area contributed by atoms with Gasteiger partial charge in [0.05, 0.1) is 4.90 Å². The summed E-state index contributed by atoms with van der Waals surface area (Å²) in [6.45, 7) is -0.694. The fourth-order valence-electron chi connectivity index (χ4n) is 1.48. The molecule has 0 aliphatic carbocycles. The zero-order valence-corrected chi connectivity index (χ0v) is 11.8. The third-order valence-corrected chi connectivity index (χ3v) is 5.04. The number of nitrogens with two attached hydrogens (primary N) is 1. The summed E-state index contributed by atoms with van der Waals surface area (Å²) in [4.78, 5) is 14.7. The van der Waals surface area contributed by atoms with Crippen LogP contribution in [0.1, 0.15) is 0 Å². The maximum absolute atomic E-state index is 12.5. The van der Waals surface area contributed by atoms with Gasteiger partial charge >= 0.3 is 5.97 Å². The summed E-state index contributed by atoms with van der Waals surface area (Å²) in [5.74, 6) is -1.26. The zero-order chi connectivity index (χ0) is 14.8. The first-order valence-electron chi connectivity index (χ1n) is 5.41. The van der Waals surface area contributed by atoms with E-state index in [4.69, 9.17) is 10.8 Å². The summed E-state index contributed by atoms with van der Waals surface area (Å²) in [5, 5.41) is 10.6. The van der Waals surface area contributed by atoms with E-state index in [1.54, 1.807) is 5.38 Å². The van der Waals surface area contributed by atoms with Gasteiger partial charge in [0.25, 0.3) is 10.0 Å². The SMILES string of the molecule is Nc1ccc(S(=O)(=O)N(CC(=O)O)c2nccs2)cc1. The van der Waals surface area contributed by atoms with Gasteiger partial charge in [-0.25, -0.2) is 17.7 Å². The monoisotopic (exact) mass is 313 g/mol. The molecule has 1 aromatic heterocycles. The van der Waals surface area contributed by atoms with Gasteiger partial charge in [-0.05, 0) is 24.3 Å². The van der Waals surface area contributed by atoms with Gasteiger partial charge in [-0.15, -0.1) is 11.3 Å². The van der Waals surface area contributed by atoms with Gasteiger partial charge in [0.15, 0.2) is 5.13 Å². The maximum atomic E-state index is 12.5. The van der Waals surface area contributed by atoms with Crippen molar-refractivity contribution < 1.29 is 18.3 Å². The molecule has 0 aliphatic rings. The second-order valence-corrected chi connectivity index (χ2v) is 6.52. The van der Waals surface area contributed by atoms with Crippen LogP contribution in [0, 0.1) is 0 Å². The number of nitrogen functional groups attached to an aromatic ring is 1. The fraction of sp³-hybridized carbons (Fsp3) is 0.0909. The Morgan fingerprint density at radius 2 is 2.00 bits per heavy atom. The van der Waals surface area contributed by atoms with Crippen LogP contribution < -0.4 is 10.0 Å². The van der Waals surface area contributed by atoms with E-state index in [2.05, 4.69) is 4.98 Å². The maximum Gasteiger partial charge on any atom is 0.324 e. The van der Waals surface area contributed by atoms with Crippen LogP contribution in [0.3, 0.4) is 0 Å². The highest BCUT2D eigenvalue weighted by atomic mass is 32.2. The molecular formula is C11H11N3O4S2. The van der Waals surface area contributed by atoms with Gasteiger partial charge in [0, 0.05) is 17.3 Å². The Bertz CT molecular complexity index is 696. The summed E-state index contributed by atoms with van der Waals surface area (Å²) >= 11 is 1.05. The number of carboxylic acids is 1. The number of rotatable bonds is 5. The van der Waals surface area contributed by atoms with Crippen LogP contribution in [0.4, 0.5) is 10.8 Å². The van der Waals surface area contributed by atoms with E-state index in [1.165, 1.54) is 30.5 Å². The third kappa shape index (κ3) is 2.89. The molecule has 9 heteroatoms. The number of nitrogens with zero attached hydrogens (tertiary/aromatic N) is 2. The summed E-state index contributed by atoms with van der Waals surface area (Å²) in [7, 11) is -3.99. The third-order valence-electron chi connectivity index (χ3n) is 2.38. The highest BCUT2D eigenvalue weighted by molar-refractivity contribution is 7.93. The minimum atomic E-state index is -3.99. The lowest BCUT2D eigenvalue weighted by Crippen LogP contribution is -2.35. The predicted octanol–water partition coefficient (Wildman–Crippen LogP) is 1.01. The molecule has 0 fully saturated rings. The Labute approximate surface area is 119 Å². The topological polar surface area (TPSA) is 114 Å². The van der Waals surface area contributed by atoms with Crippen LogP contribution >= 0.6 is 11.3 Å². The van der Waals surface area contributed by atoms with Gasteiger partial charge in [-0.1, -0.05) is 0 Å². The molecule has 2 rings (SSSR count). The minimum absolute atomic E-state index is 0.0387. The fourth-order valence-corrected chi connectivity index (χ4v) is 3.72. The molecule has 0 unspecified atom stereocenters. The lowest BCUT2D eigenvalue weighted by atomic mass is 10.3. The van der Waals surface area contributed by atoms with E-state index >= 15 is 0 Å². The Kier molecular flexibility index (Phi) is 3.91. The number of hydrogen-bond acceptors (Lipinski definition) is 6. The van der Waals surface area contributed by atoms with Crippen molar-refractivity contribution in [1.82, 2.24) is 4.98 Å². The van der Waals surface area contributed by atoms with Crippen molar-refractivity contribution in [2.24, 2.45) is 0 Å². The summed E-state index contributed by atoms with van der Waals surface area (Å²) in [6, 6.07) is 5.53. The van der Waals surface area contributed by atoms with Crippen molar-refractivity contribution in [3.8, 4) is 0 Å². The smallest absolute Gasteiger partial charge is 0.324 e. The number of aromatic nitrogens is 1. The molecule has 7 nitrogen and oxygen atoms in total. The number of aliphatic carboxylic acids is 1. The van der Waals surface area contributed by atoms with Crippen molar-refractivity contribution in [3.05, 3.63) is 35.8 Å². The number of carboxylic acid groups (broad SMARTS) is 1. The first-order valence-corrected chi connectivity index (χ1v) is 7.73. The Morgan fingerprint density at radius 3 is 2.50 bits per heavy atom. The summed E-state index contributed by atoms with van der Waals surface area (Å²) in [5.41, 5.74) is 5.93. The molecule has 0 radical (unpaired) electrons. The zero-order valence-electron chi connectivity index (χ0n) is 10.1. The molecular weight excluding hydrogens is 302 g/mol. The van der Waals surface area contributed by atoms with Crippen LogP contribution in [-0.2, 0) is 14.8 Å². The highest BCUT2D eigenvalue weighted by Crippen LogP contribution is 2.25. The number of anilines is 2. The van der Waals surface area contributed by atoms with Crippen LogP contribution in [0.15, 0.2) is 40.7 Å². The van der Waals surface area contributed by atoms with Gasteiger partial charge < -0.3 is 10.8 Å². The average Bonchev–Trinajstić information content (AvgIpc) is 2.89. The Balaban J connectivity index is 2.46. The number of carbonyl (C=O) groups is 1. The molecule has 106 valence electrons. The van der Waals surface area contributed by atoms with E-state index in [0.29, 0.717) is 5.69 Å². The predicted molar refractivity (Wildman–Crippen MR) is 75.1 cm³/mol. The molecule has 3 N–H and O–H groups in total. The molecule has 1 aromatic carbocycles. The van der Waals surface area contributed by atoms with E-state index in [-0.39, 0.29) is 10.0 Å². The van der Waals surface area contributed by atoms with E-state index in [1.807, 2.05) is 0 Å². The van der Waals surface area contributed by atoms with Crippen LogP contribution in [-0.4, -0.2) is 31.0 Å². The summed E-state index contributed by atoms with van der Waals surface area (Å²) < 4.78 is 25.7. The molecule has 1 heterocycles. The molecule has 0 amide bonds. The normalized spacial score (nSPS) is 11.2. The molecule has 0 saturated heterocycles. The quantitative estimate of drug-likeness (QED) is 0.796. The number of thiazole rings is 1. The molecule has 0 atom stereocenters. The largest absolute Gasteiger partial charge is 0.480 e. The van der Waals surface area contributed by atoms with Gasteiger partial charge in [0.1, 0.15) is 6.54 Å². The number of hydrogen-bond donors (Lipinski definition) is 2. The minimum Gasteiger partial charge on any atom is -0.480 e. The molecule has 0 bridgehead atoms. The molecule has 0 spiro atoms. The standard InChI is InChI=1S/C11H11N3O4S2/c12-8-1-3-9(4-2-8)20(17,18)14(7-10(15)16)11-13-5-6-19-11/h1-6H,7,12H2,(H,15,16). The second-order valence-electron chi connectivity index (χ2n) is 3.79. The van der Waals surface area contributed by atoms with Gasteiger partial charge in [0.2, 0.25) is 0 Å². The van der Waals surface area contributed by atoms with Crippen LogP contribution in [0.25, 0.3) is 0 Å². The van der Waals surface area contributed by atoms with Crippen LogP contribution in [0.2, 0.25) is 0 Å². The van der Waals surface area contributed by atoms with Crippen molar-refractivity contribution in [1.29, 1.82) is 0 Å². The van der Waals surface area contributed by atoms with E-state index in [9.17, 15) is 13.2 Å². The molecule has 2 aromatic rings. The molecule has 0 saturated carbocycles. The summed E-state index contributed by atoms with van der Waals surface area (Å²) in [6.07, 6.45) is 1.41. The second kappa shape index (κ2) is 5.47. The average molecular weight is 313 g/mol. The van der Waals surface area contributed by atoms with Crippen molar-refractivity contribution in [2.45, 2.75) is 4.90 Å². The van der Waals surface area contributed by atoms with Crippen molar-refractivity contribution >= 4 is 38.1 Å². The lowest BCUT2D eigenvalue weighted by Gasteiger charge is -2.19. The Hall–Kier alpha value is -2.13. The van der Waals surface area contributed by atoms with Crippen molar-refractivity contribution in [3.63, 3.8) is 0 Å². The van der Waals surface area contributed by atoms with Gasteiger partial charge in [-0.3, -0.25) is 4.79 Å².